The molecule has 0 radical (unpaired) electrons. The lowest BCUT2D eigenvalue weighted by molar-refractivity contribution is -0.120. The number of halogens is 1. The van der Waals surface area contributed by atoms with Gasteiger partial charge in [-0.15, -0.1) is 0 Å². The zero-order valence-corrected chi connectivity index (χ0v) is 22.7. The normalized spacial score (nSPS) is 18.6. The molecule has 9 heteroatoms. The number of methoxy groups -OCH3 is 1. The highest BCUT2D eigenvalue weighted by molar-refractivity contribution is 5.95. The van der Waals surface area contributed by atoms with Crippen LogP contribution < -0.4 is 15.0 Å². The second kappa shape index (κ2) is 10.4. The first-order valence-electron chi connectivity index (χ1n) is 13.8. The van der Waals surface area contributed by atoms with Crippen molar-refractivity contribution in [3.63, 3.8) is 0 Å². The fraction of sp³-hybridized carbons (Fsp3) is 0.433. The Hall–Kier alpha value is -3.88. The monoisotopic (exact) mass is 531 g/mol. The van der Waals surface area contributed by atoms with Gasteiger partial charge in [0.15, 0.2) is 11.6 Å². The first-order chi connectivity index (χ1) is 18.9. The van der Waals surface area contributed by atoms with E-state index >= 15 is 0 Å². The Labute approximate surface area is 227 Å². The van der Waals surface area contributed by atoms with Crippen LogP contribution in [0.3, 0.4) is 0 Å². The molecule has 8 nitrogen and oxygen atoms in total. The summed E-state index contributed by atoms with van der Waals surface area (Å²) >= 11 is 0. The number of anilines is 2. The number of hydrogen-bond acceptors (Lipinski definition) is 6. The van der Waals surface area contributed by atoms with Crippen LogP contribution in [0.5, 0.6) is 5.75 Å². The van der Waals surface area contributed by atoms with Gasteiger partial charge < -0.3 is 19.5 Å². The zero-order chi connectivity index (χ0) is 27.1. The lowest BCUT2D eigenvalue weighted by atomic mass is 9.94. The minimum atomic E-state index is -0.494. The van der Waals surface area contributed by atoms with E-state index in [9.17, 15) is 9.18 Å². The Morgan fingerprint density at radius 1 is 1.08 bits per heavy atom. The highest BCUT2D eigenvalue weighted by Crippen LogP contribution is 2.41. The molecule has 2 fully saturated rings. The van der Waals surface area contributed by atoms with Gasteiger partial charge in [-0.1, -0.05) is 24.4 Å². The van der Waals surface area contributed by atoms with Gasteiger partial charge in [-0.3, -0.25) is 9.20 Å². The number of hydrogen-bond donors (Lipinski definition) is 1. The molecular weight excluding hydrogens is 497 g/mol. The molecular formula is C30H34FN5O3. The van der Waals surface area contributed by atoms with E-state index in [0.29, 0.717) is 18.2 Å². The van der Waals surface area contributed by atoms with E-state index < -0.39 is 5.82 Å². The third-order valence-electron chi connectivity index (χ3n) is 8.10. The maximum atomic E-state index is 14.8. The number of amides is 1. The van der Waals surface area contributed by atoms with Crippen molar-refractivity contribution in [1.29, 1.82) is 0 Å². The Morgan fingerprint density at radius 3 is 2.62 bits per heavy atom. The number of imidazole rings is 1. The van der Waals surface area contributed by atoms with Gasteiger partial charge in [0, 0.05) is 36.0 Å². The van der Waals surface area contributed by atoms with Crippen molar-refractivity contribution in [2.75, 3.05) is 17.3 Å². The summed E-state index contributed by atoms with van der Waals surface area (Å²) in [6, 6.07) is 8.82. The number of carbonyl (C=O) groups is 1. The Balaban J connectivity index is 1.48. The smallest absolute Gasteiger partial charge is 0.227 e. The zero-order valence-electron chi connectivity index (χ0n) is 22.7. The molecule has 2 aliphatic rings. The molecule has 39 heavy (non-hydrogen) atoms. The van der Waals surface area contributed by atoms with E-state index in [2.05, 4.69) is 20.9 Å². The van der Waals surface area contributed by atoms with Gasteiger partial charge in [0.05, 0.1) is 18.8 Å². The van der Waals surface area contributed by atoms with Gasteiger partial charge in [0.25, 0.3) is 0 Å². The van der Waals surface area contributed by atoms with E-state index in [1.165, 1.54) is 32.4 Å². The number of pyridine rings is 1. The third-order valence-corrected chi connectivity index (χ3v) is 8.10. The Morgan fingerprint density at radius 2 is 1.90 bits per heavy atom. The number of fused-ring (bicyclic) bond motifs is 1. The van der Waals surface area contributed by atoms with Crippen molar-refractivity contribution < 1.29 is 18.4 Å². The maximum Gasteiger partial charge on any atom is 0.227 e. The summed E-state index contributed by atoms with van der Waals surface area (Å²) in [6.07, 6.45) is 9.77. The average Bonchev–Trinajstić information content (AvgIpc) is 3.47. The maximum absolute atomic E-state index is 14.8. The van der Waals surface area contributed by atoms with Gasteiger partial charge in [-0.25, -0.2) is 9.37 Å². The van der Waals surface area contributed by atoms with Crippen molar-refractivity contribution >= 4 is 23.1 Å². The van der Waals surface area contributed by atoms with Crippen LogP contribution in [0.1, 0.15) is 74.6 Å². The summed E-state index contributed by atoms with van der Waals surface area (Å²) in [6.45, 7) is 3.84. The number of nitrogens with one attached hydrogen (secondary N) is 1. The van der Waals surface area contributed by atoms with Crippen LogP contribution in [-0.2, 0) is 4.79 Å². The molecule has 1 aliphatic heterocycles. The van der Waals surface area contributed by atoms with Crippen molar-refractivity contribution in [3.8, 4) is 16.9 Å². The fourth-order valence-electron chi connectivity index (χ4n) is 6.19. The highest BCUT2D eigenvalue weighted by atomic mass is 19.1. The Kier molecular flexibility index (Phi) is 6.74. The molecule has 0 bridgehead atoms. The van der Waals surface area contributed by atoms with E-state index in [0.717, 1.165) is 65.4 Å². The quantitative estimate of drug-likeness (QED) is 0.296. The number of aryl methyl sites for hydroxylation is 2. The molecule has 1 amide bonds. The van der Waals surface area contributed by atoms with Gasteiger partial charge >= 0.3 is 0 Å². The fourth-order valence-corrected chi connectivity index (χ4v) is 6.19. The number of piperidine rings is 1. The SMILES string of the molecule is COc1ccc(N2C(=O)CCC[C@H]2c2nc3cc(-c4c(C)noc4C)ccn3c2NC2CCCCC2)cc1F. The van der Waals surface area contributed by atoms with Gasteiger partial charge in [-0.2, -0.15) is 0 Å². The highest BCUT2D eigenvalue weighted by Gasteiger charge is 2.35. The van der Waals surface area contributed by atoms with Crippen LogP contribution in [0.4, 0.5) is 15.9 Å². The molecule has 0 unspecified atom stereocenters. The summed E-state index contributed by atoms with van der Waals surface area (Å²) in [5.74, 6) is 1.29. The number of ether oxygens (including phenoxy) is 1. The minimum Gasteiger partial charge on any atom is -0.494 e. The van der Waals surface area contributed by atoms with Crippen molar-refractivity contribution in [2.45, 2.75) is 77.3 Å². The van der Waals surface area contributed by atoms with E-state index in [1.54, 1.807) is 17.0 Å². The molecule has 0 spiro atoms. The number of aromatic nitrogens is 3. The predicted octanol–water partition coefficient (Wildman–Crippen LogP) is 6.76. The summed E-state index contributed by atoms with van der Waals surface area (Å²) in [5.41, 5.74) is 4.87. The van der Waals surface area contributed by atoms with Crippen LogP contribution in [0.15, 0.2) is 41.1 Å². The Bertz CT molecular complexity index is 1500. The molecule has 6 rings (SSSR count). The van der Waals surface area contributed by atoms with Crippen LogP contribution >= 0.6 is 0 Å². The number of carbonyl (C=O) groups excluding carboxylic acids is 1. The second-order valence-electron chi connectivity index (χ2n) is 10.7. The topological polar surface area (TPSA) is 84.9 Å². The predicted molar refractivity (Wildman–Crippen MR) is 148 cm³/mol. The van der Waals surface area contributed by atoms with E-state index in [4.69, 9.17) is 14.2 Å². The van der Waals surface area contributed by atoms with E-state index in [-0.39, 0.29) is 17.7 Å². The van der Waals surface area contributed by atoms with Gasteiger partial charge in [0.1, 0.15) is 22.9 Å². The van der Waals surface area contributed by atoms with E-state index in [1.807, 2.05) is 26.1 Å². The number of benzene rings is 1. The molecule has 1 saturated heterocycles. The van der Waals surface area contributed by atoms with Gasteiger partial charge in [0.2, 0.25) is 5.91 Å². The molecule has 1 atom stereocenters. The molecule has 1 aromatic carbocycles. The number of rotatable bonds is 6. The molecule has 1 N–H and O–H groups in total. The van der Waals surface area contributed by atoms with Gasteiger partial charge in [-0.05, 0) is 69.4 Å². The lowest BCUT2D eigenvalue weighted by Crippen LogP contribution is -2.39. The third kappa shape index (κ3) is 4.64. The summed E-state index contributed by atoms with van der Waals surface area (Å²) in [7, 11) is 1.43. The van der Waals surface area contributed by atoms with Crippen LogP contribution in [-0.4, -0.2) is 33.6 Å². The van der Waals surface area contributed by atoms with Crippen LogP contribution in [0.25, 0.3) is 16.8 Å². The molecule has 4 aromatic rings. The summed E-state index contributed by atoms with van der Waals surface area (Å²) in [4.78, 5) is 20.2. The summed E-state index contributed by atoms with van der Waals surface area (Å²) < 4.78 is 27.4. The first kappa shape index (κ1) is 25.4. The second-order valence-corrected chi connectivity index (χ2v) is 10.7. The molecule has 1 saturated carbocycles. The van der Waals surface area contributed by atoms with Crippen molar-refractivity contribution in [2.24, 2.45) is 0 Å². The minimum absolute atomic E-state index is 0.0344. The van der Waals surface area contributed by atoms with Crippen molar-refractivity contribution in [1.82, 2.24) is 14.5 Å². The molecule has 204 valence electrons. The molecule has 1 aliphatic carbocycles. The first-order valence-corrected chi connectivity index (χ1v) is 13.8. The molecule has 4 heterocycles. The van der Waals surface area contributed by atoms with Crippen molar-refractivity contribution in [3.05, 3.63) is 59.5 Å². The lowest BCUT2D eigenvalue weighted by Gasteiger charge is -2.36. The summed E-state index contributed by atoms with van der Waals surface area (Å²) in [5, 5.41) is 7.92. The van der Waals surface area contributed by atoms with Crippen LogP contribution in [0, 0.1) is 19.7 Å². The average molecular weight is 532 g/mol. The largest absolute Gasteiger partial charge is 0.494 e. The number of nitrogens with zero attached hydrogens (tertiary/aromatic N) is 4. The standard InChI is InChI=1S/C30H34FN5O3/c1-18-28(19(2)39-34-18)20-14-15-35-26(16-20)33-29(30(35)32-21-8-5-4-6-9-21)24-10-7-11-27(37)36(24)22-12-13-25(38-3)23(31)17-22/h12-17,21,24,32H,4-11H2,1-3H3/t24-/m0/s1. The molecule has 3 aromatic heterocycles. The van der Waals surface area contributed by atoms with Crippen LogP contribution in [0.2, 0.25) is 0 Å².